The fourth-order valence-corrected chi connectivity index (χ4v) is 2.13. The molecule has 0 spiro atoms. The van der Waals surface area contributed by atoms with E-state index in [1.54, 1.807) is 13.1 Å². The van der Waals surface area contributed by atoms with Crippen molar-refractivity contribution < 1.29 is 14.6 Å². The number of nitrogen functional groups attached to an aromatic ring is 1. The predicted molar refractivity (Wildman–Crippen MR) is 57.3 cm³/mol. The minimum atomic E-state index is -0.517. The van der Waals surface area contributed by atoms with Crippen molar-refractivity contribution in [2.75, 3.05) is 12.3 Å². The van der Waals surface area contributed by atoms with Gasteiger partial charge in [-0.25, -0.2) is 4.79 Å². The molecule has 7 nitrogen and oxygen atoms in total. The molecule has 3 heterocycles. The fourth-order valence-electron chi connectivity index (χ4n) is 2.13. The Morgan fingerprint density at radius 1 is 1.53 bits per heavy atom. The van der Waals surface area contributed by atoms with Crippen molar-refractivity contribution in [1.29, 1.82) is 0 Å². The Labute approximate surface area is 96.8 Å². The van der Waals surface area contributed by atoms with Gasteiger partial charge >= 0.3 is 5.69 Å². The average Bonchev–Trinajstić information content (AvgIpc) is 3.00. The predicted octanol–water partition coefficient (Wildman–Crippen LogP) is -1.21. The quantitative estimate of drug-likeness (QED) is 0.628. The number of ether oxygens (including phenoxy) is 2. The number of anilines is 1. The van der Waals surface area contributed by atoms with Crippen molar-refractivity contribution >= 4 is 5.82 Å². The molecule has 2 fully saturated rings. The Kier molecular flexibility index (Phi) is 2.22. The maximum Gasteiger partial charge on any atom is 0.351 e. The maximum atomic E-state index is 11.7. The van der Waals surface area contributed by atoms with Crippen molar-refractivity contribution in [3.05, 3.63) is 22.2 Å². The van der Waals surface area contributed by atoms with Crippen LogP contribution < -0.4 is 11.4 Å². The Morgan fingerprint density at radius 3 is 2.94 bits per heavy atom. The summed E-state index contributed by atoms with van der Waals surface area (Å²) in [7, 11) is 0. The summed E-state index contributed by atoms with van der Waals surface area (Å²) < 4.78 is 12.3. The molecule has 1 aromatic heterocycles. The molecule has 2 aliphatic heterocycles. The molecular weight excluding hydrogens is 226 g/mol. The molecule has 0 bridgehead atoms. The van der Waals surface area contributed by atoms with Gasteiger partial charge in [-0.1, -0.05) is 0 Å². The van der Waals surface area contributed by atoms with E-state index in [0.29, 0.717) is 5.56 Å². The Morgan fingerprint density at radius 2 is 2.29 bits per heavy atom. The Balaban J connectivity index is 1.96. The lowest BCUT2D eigenvalue weighted by Gasteiger charge is -2.18. The number of rotatable bonds is 2. The molecule has 7 heteroatoms. The average molecular weight is 239 g/mol. The smallest absolute Gasteiger partial charge is 0.351 e. The van der Waals surface area contributed by atoms with Gasteiger partial charge in [-0.15, -0.1) is 0 Å². The summed E-state index contributed by atoms with van der Waals surface area (Å²) in [6, 6.07) is 0. The van der Waals surface area contributed by atoms with E-state index in [1.165, 1.54) is 4.57 Å². The van der Waals surface area contributed by atoms with Gasteiger partial charge in [-0.2, -0.15) is 4.98 Å². The highest BCUT2D eigenvalue weighted by Crippen LogP contribution is 2.44. The van der Waals surface area contributed by atoms with Crippen molar-refractivity contribution in [3.63, 3.8) is 0 Å². The van der Waals surface area contributed by atoms with Crippen LogP contribution in [-0.2, 0) is 9.47 Å². The van der Waals surface area contributed by atoms with E-state index in [4.69, 9.17) is 20.3 Å². The zero-order valence-electron chi connectivity index (χ0n) is 9.24. The van der Waals surface area contributed by atoms with Gasteiger partial charge in [-0.3, -0.25) is 4.57 Å². The number of hydrogen-bond acceptors (Lipinski definition) is 6. The summed E-state index contributed by atoms with van der Waals surface area (Å²) in [5.74, 6) is 0.219. The van der Waals surface area contributed by atoms with E-state index in [1.807, 2.05) is 0 Å². The fraction of sp³-hybridized carbons (Fsp3) is 0.600. The van der Waals surface area contributed by atoms with E-state index >= 15 is 0 Å². The zero-order valence-corrected chi connectivity index (χ0v) is 9.24. The van der Waals surface area contributed by atoms with E-state index in [0.717, 1.165) is 0 Å². The van der Waals surface area contributed by atoms with E-state index in [-0.39, 0.29) is 30.7 Å². The van der Waals surface area contributed by atoms with Crippen molar-refractivity contribution in [3.8, 4) is 0 Å². The molecule has 0 unspecified atom stereocenters. The molecule has 0 saturated carbocycles. The molecule has 3 rings (SSSR count). The van der Waals surface area contributed by atoms with Crippen LogP contribution in [0, 0.1) is 6.92 Å². The SMILES string of the molecule is Cc1cn([C@@H]2O[C@H](CO)[C@@H]3O[C@H]32)c(=O)nc1N. The van der Waals surface area contributed by atoms with E-state index in [9.17, 15) is 4.79 Å². The number of aromatic nitrogens is 2. The van der Waals surface area contributed by atoms with Crippen LogP contribution in [0.25, 0.3) is 0 Å². The highest BCUT2D eigenvalue weighted by Gasteiger charge is 2.58. The molecule has 3 N–H and O–H groups in total. The van der Waals surface area contributed by atoms with Crippen LogP contribution in [0.3, 0.4) is 0 Å². The van der Waals surface area contributed by atoms with Gasteiger partial charge in [0.05, 0.1) is 6.61 Å². The molecule has 0 aliphatic carbocycles. The van der Waals surface area contributed by atoms with Crippen LogP contribution in [0.4, 0.5) is 5.82 Å². The lowest BCUT2D eigenvalue weighted by atomic mass is 10.2. The van der Waals surface area contributed by atoms with Gasteiger partial charge in [0.2, 0.25) is 0 Å². The van der Waals surface area contributed by atoms with Crippen molar-refractivity contribution in [2.45, 2.75) is 31.5 Å². The number of nitrogens with zero attached hydrogens (tertiary/aromatic N) is 2. The maximum absolute atomic E-state index is 11.7. The summed E-state index contributed by atoms with van der Waals surface area (Å²) >= 11 is 0. The summed E-state index contributed by atoms with van der Waals surface area (Å²) in [6.07, 6.45) is 0.434. The minimum absolute atomic E-state index is 0.116. The molecule has 17 heavy (non-hydrogen) atoms. The first-order chi connectivity index (χ1) is 8.11. The van der Waals surface area contributed by atoms with Gasteiger partial charge in [0.1, 0.15) is 24.1 Å². The van der Waals surface area contributed by atoms with Gasteiger partial charge < -0.3 is 20.3 Å². The number of aryl methyl sites for hydroxylation is 1. The lowest BCUT2D eigenvalue weighted by Crippen LogP contribution is -2.31. The third-order valence-electron chi connectivity index (χ3n) is 3.15. The van der Waals surface area contributed by atoms with Crippen LogP contribution in [-0.4, -0.2) is 39.6 Å². The summed E-state index contributed by atoms with van der Waals surface area (Å²) in [4.78, 5) is 15.4. The third kappa shape index (κ3) is 1.54. The van der Waals surface area contributed by atoms with Crippen molar-refractivity contribution in [2.24, 2.45) is 0 Å². The standard InChI is InChI=1S/C10H13N3O4/c1-4-2-13(10(15)12-8(4)11)9-7-6(17-7)5(3-14)16-9/h2,5-7,9,14H,3H2,1H3,(H2,11,12,15)/t5-,6+,7-,9-/m1/s1. The molecule has 92 valence electrons. The second-order valence-electron chi connectivity index (χ2n) is 4.31. The first-order valence-corrected chi connectivity index (χ1v) is 5.39. The molecule has 4 atom stereocenters. The highest BCUT2D eigenvalue weighted by molar-refractivity contribution is 5.35. The van der Waals surface area contributed by atoms with Crippen LogP contribution in [0.1, 0.15) is 11.8 Å². The lowest BCUT2D eigenvalue weighted by molar-refractivity contribution is -0.0856. The first-order valence-electron chi connectivity index (χ1n) is 5.39. The first kappa shape index (κ1) is 10.7. The van der Waals surface area contributed by atoms with Crippen LogP contribution in [0.2, 0.25) is 0 Å². The normalized spacial score (nSPS) is 34.7. The minimum Gasteiger partial charge on any atom is -0.394 e. The second kappa shape index (κ2) is 3.52. The molecular formula is C10H13N3O4. The van der Waals surface area contributed by atoms with E-state index in [2.05, 4.69) is 4.98 Å². The van der Waals surface area contributed by atoms with Gasteiger partial charge in [0.15, 0.2) is 6.23 Å². The van der Waals surface area contributed by atoms with Crippen LogP contribution in [0.5, 0.6) is 0 Å². The zero-order chi connectivity index (χ0) is 12.2. The number of aliphatic hydroxyl groups is 1. The molecule has 1 aromatic rings. The van der Waals surface area contributed by atoms with E-state index < -0.39 is 11.9 Å². The number of aliphatic hydroxyl groups excluding tert-OH is 1. The Bertz CT molecular complexity index is 515. The number of fused-ring (bicyclic) bond motifs is 1. The molecule has 0 amide bonds. The summed E-state index contributed by atoms with van der Waals surface area (Å²) in [5, 5.41) is 9.07. The number of nitrogens with two attached hydrogens (primary N) is 1. The topological polar surface area (TPSA) is 103 Å². The molecule has 2 aliphatic rings. The molecule has 0 aromatic carbocycles. The van der Waals surface area contributed by atoms with Crippen LogP contribution >= 0.6 is 0 Å². The van der Waals surface area contributed by atoms with Gasteiger partial charge in [0.25, 0.3) is 0 Å². The molecule has 2 saturated heterocycles. The van der Waals surface area contributed by atoms with Gasteiger partial charge in [-0.05, 0) is 6.92 Å². The molecule has 0 radical (unpaired) electrons. The third-order valence-corrected chi connectivity index (χ3v) is 3.15. The van der Waals surface area contributed by atoms with Crippen molar-refractivity contribution in [1.82, 2.24) is 9.55 Å². The largest absolute Gasteiger partial charge is 0.394 e. The monoisotopic (exact) mass is 239 g/mol. The Hall–Kier alpha value is -1.44. The summed E-state index contributed by atoms with van der Waals surface area (Å²) in [6.45, 7) is 1.65. The highest BCUT2D eigenvalue weighted by atomic mass is 16.7. The van der Waals surface area contributed by atoms with Crippen LogP contribution in [0.15, 0.2) is 11.0 Å². The summed E-state index contributed by atoms with van der Waals surface area (Å²) in [5.41, 5.74) is 5.79. The second-order valence-corrected chi connectivity index (χ2v) is 4.31. The number of hydrogen-bond donors (Lipinski definition) is 2. The van der Waals surface area contributed by atoms with Gasteiger partial charge in [0, 0.05) is 11.8 Å². The number of epoxide rings is 1.